The Bertz CT molecular complexity index is 178. The zero-order chi connectivity index (χ0) is 9.84. The number of hydrogen-bond donors (Lipinski definition) is 0. The molecule has 0 N–H and O–H groups in total. The molecule has 13 heavy (non-hydrogen) atoms. The van der Waals surface area contributed by atoms with Crippen molar-refractivity contribution in [1.82, 2.24) is 4.90 Å². The van der Waals surface area contributed by atoms with E-state index in [0.717, 1.165) is 25.8 Å². The van der Waals surface area contributed by atoms with E-state index < -0.39 is 0 Å². The second kappa shape index (κ2) is 4.85. The van der Waals surface area contributed by atoms with Gasteiger partial charge < -0.3 is 4.90 Å². The van der Waals surface area contributed by atoms with E-state index >= 15 is 0 Å². The summed E-state index contributed by atoms with van der Waals surface area (Å²) in [5.41, 5.74) is 0. The molecule has 1 saturated carbocycles. The van der Waals surface area contributed by atoms with Gasteiger partial charge >= 0.3 is 0 Å². The predicted molar refractivity (Wildman–Crippen MR) is 54.9 cm³/mol. The van der Waals surface area contributed by atoms with Crippen molar-refractivity contribution in [3.63, 3.8) is 0 Å². The van der Waals surface area contributed by atoms with Gasteiger partial charge in [0, 0.05) is 24.4 Å². The molecule has 0 bridgehead atoms. The van der Waals surface area contributed by atoms with E-state index in [4.69, 9.17) is 11.6 Å². The van der Waals surface area contributed by atoms with Crippen LogP contribution in [0.1, 0.15) is 33.1 Å². The Morgan fingerprint density at radius 1 is 1.54 bits per heavy atom. The Labute approximate surface area is 85.2 Å². The van der Waals surface area contributed by atoms with Gasteiger partial charge in [0.05, 0.1) is 0 Å². The molecule has 0 spiro atoms. The molecule has 76 valence electrons. The summed E-state index contributed by atoms with van der Waals surface area (Å²) in [6.45, 7) is 4.94. The number of hydrogen-bond acceptors (Lipinski definition) is 1. The van der Waals surface area contributed by atoms with Gasteiger partial charge in [0.25, 0.3) is 0 Å². The van der Waals surface area contributed by atoms with Crippen LogP contribution in [-0.2, 0) is 4.79 Å². The van der Waals surface area contributed by atoms with Gasteiger partial charge in [0.1, 0.15) is 0 Å². The zero-order valence-corrected chi connectivity index (χ0v) is 9.18. The quantitative estimate of drug-likeness (QED) is 0.628. The molecule has 1 rings (SSSR count). The van der Waals surface area contributed by atoms with Crippen LogP contribution in [0.5, 0.6) is 0 Å². The summed E-state index contributed by atoms with van der Waals surface area (Å²) in [4.78, 5) is 13.7. The fourth-order valence-electron chi connectivity index (χ4n) is 1.42. The normalized spacial score (nSPS) is 16.3. The van der Waals surface area contributed by atoms with Crippen molar-refractivity contribution < 1.29 is 4.79 Å². The fourth-order valence-corrected chi connectivity index (χ4v) is 1.54. The van der Waals surface area contributed by atoms with Crippen LogP contribution in [-0.4, -0.2) is 29.3 Å². The van der Waals surface area contributed by atoms with Crippen molar-refractivity contribution in [1.29, 1.82) is 0 Å². The molecule has 0 aromatic heterocycles. The van der Waals surface area contributed by atoms with Crippen molar-refractivity contribution in [2.45, 2.75) is 39.2 Å². The fraction of sp³-hybridized carbons (Fsp3) is 0.900. The minimum absolute atomic E-state index is 0.316. The van der Waals surface area contributed by atoms with Gasteiger partial charge in [-0.25, -0.2) is 0 Å². The van der Waals surface area contributed by atoms with Crippen molar-refractivity contribution >= 4 is 17.5 Å². The maximum Gasteiger partial charge on any atom is 0.225 e. The van der Waals surface area contributed by atoms with E-state index in [1.165, 1.54) is 0 Å². The third-order valence-electron chi connectivity index (χ3n) is 2.37. The third-order valence-corrected chi connectivity index (χ3v) is 2.63. The summed E-state index contributed by atoms with van der Waals surface area (Å²) in [6, 6.07) is 0.316. The van der Waals surface area contributed by atoms with E-state index in [2.05, 4.69) is 13.8 Å². The predicted octanol–water partition coefficient (Wildman–Crippen LogP) is 2.26. The van der Waals surface area contributed by atoms with Crippen LogP contribution in [0.2, 0.25) is 0 Å². The first-order chi connectivity index (χ1) is 6.16. The number of nitrogens with zero attached hydrogens (tertiary/aromatic N) is 1. The molecule has 0 atom stereocenters. The highest BCUT2D eigenvalue weighted by atomic mass is 35.5. The molecule has 0 unspecified atom stereocenters. The molecule has 1 aliphatic carbocycles. The lowest BCUT2D eigenvalue weighted by molar-refractivity contribution is -0.134. The number of halogens is 1. The van der Waals surface area contributed by atoms with E-state index in [1.54, 1.807) is 0 Å². The summed E-state index contributed by atoms with van der Waals surface area (Å²) in [6.07, 6.45) is 3.07. The molecule has 0 aromatic rings. The highest BCUT2D eigenvalue weighted by Crippen LogP contribution is 2.31. The van der Waals surface area contributed by atoms with Crippen molar-refractivity contribution in [3.05, 3.63) is 0 Å². The maximum absolute atomic E-state index is 11.7. The molecule has 2 nitrogen and oxygen atoms in total. The largest absolute Gasteiger partial charge is 0.340 e. The van der Waals surface area contributed by atoms with Crippen LogP contribution in [0.3, 0.4) is 0 Å². The first-order valence-electron chi connectivity index (χ1n) is 5.03. The standard InChI is InChI=1S/C10H18ClNO/c1-8(2)12(7-3-6-11)10(13)9-4-5-9/h8-9H,3-7H2,1-2H3. The Hall–Kier alpha value is -0.240. The molecule has 1 amide bonds. The first kappa shape index (κ1) is 10.8. The Morgan fingerprint density at radius 2 is 2.15 bits per heavy atom. The minimum Gasteiger partial charge on any atom is -0.340 e. The molecule has 0 aliphatic heterocycles. The molecule has 0 heterocycles. The molecule has 0 radical (unpaired) electrons. The number of alkyl halides is 1. The summed E-state index contributed by atoms with van der Waals surface area (Å²) >= 11 is 5.61. The molecule has 1 aliphatic rings. The minimum atomic E-state index is 0.316. The van der Waals surface area contributed by atoms with Gasteiger partial charge in [-0.1, -0.05) is 0 Å². The average Bonchev–Trinajstić information content (AvgIpc) is 2.86. The van der Waals surface area contributed by atoms with Gasteiger partial charge in [0.15, 0.2) is 0 Å². The summed E-state index contributed by atoms with van der Waals surface area (Å²) < 4.78 is 0. The monoisotopic (exact) mass is 203 g/mol. The molecule has 3 heteroatoms. The Balaban J connectivity index is 2.40. The van der Waals surface area contributed by atoms with E-state index in [9.17, 15) is 4.79 Å². The smallest absolute Gasteiger partial charge is 0.225 e. The van der Waals surface area contributed by atoms with Crippen LogP contribution in [0.25, 0.3) is 0 Å². The highest BCUT2D eigenvalue weighted by molar-refractivity contribution is 6.17. The highest BCUT2D eigenvalue weighted by Gasteiger charge is 2.33. The van der Waals surface area contributed by atoms with Crippen LogP contribution in [0.15, 0.2) is 0 Å². The summed E-state index contributed by atoms with van der Waals surface area (Å²) in [5, 5.41) is 0. The maximum atomic E-state index is 11.7. The van der Waals surface area contributed by atoms with Crippen molar-refractivity contribution in [2.75, 3.05) is 12.4 Å². The Kier molecular flexibility index (Phi) is 4.04. The van der Waals surface area contributed by atoms with Crippen LogP contribution in [0.4, 0.5) is 0 Å². The van der Waals surface area contributed by atoms with Gasteiger partial charge in [-0.15, -0.1) is 11.6 Å². The van der Waals surface area contributed by atoms with Crippen LogP contribution < -0.4 is 0 Å². The summed E-state index contributed by atoms with van der Waals surface area (Å²) in [5.74, 6) is 1.30. The van der Waals surface area contributed by atoms with Gasteiger partial charge in [-0.2, -0.15) is 0 Å². The summed E-state index contributed by atoms with van der Waals surface area (Å²) in [7, 11) is 0. The number of rotatable bonds is 5. The molecular formula is C10H18ClNO. The third kappa shape index (κ3) is 3.18. The molecule has 1 fully saturated rings. The van der Waals surface area contributed by atoms with Gasteiger partial charge in [0.2, 0.25) is 5.91 Å². The van der Waals surface area contributed by atoms with Crippen LogP contribution >= 0.6 is 11.6 Å². The van der Waals surface area contributed by atoms with E-state index in [1.807, 2.05) is 4.90 Å². The van der Waals surface area contributed by atoms with E-state index in [0.29, 0.717) is 23.7 Å². The molecule has 0 saturated heterocycles. The molecule has 0 aromatic carbocycles. The number of amides is 1. The topological polar surface area (TPSA) is 20.3 Å². The van der Waals surface area contributed by atoms with Crippen molar-refractivity contribution in [2.24, 2.45) is 5.92 Å². The molecular weight excluding hydrogens is 186 g/mol. The lowest BCUT2D eigenvalue weighted by atomic mass is 10.2. The SMILES string of the molecule is CC(C)N(CCCCl)C(=O)C1CC1. The van der Waals surface area contributed by atoms with Crippen molar-refractivity contribution in [3.8, 4) is 0 Å². The lowest BCUT2D eigenvalue weighted by Crippen LogP contribution is -2.38. The lowest BCUT2D eigenvalue weighted by Gasteiger charge is -2.26. The zero-order valence-electron chi connectivity index (χ0n) is 8.42. The first-order valence-corrected chi connectivity index (χ1v) is 5.56. The second-order valence-corrected chi connectivity index (χ2v) is 4.32. The van der Waals surface area contributed by atoms with Gasteiger partial charge in [-0.3, -0.25) is 4.79 Å². The number of carbonyl (C=O) groups excluding carboxylic acids is 1. The second-order valence-electron chi connectivity index (χ2n) is 3.94. The van der Waals surface area contributed by atoms with Crippen LogP contribution in [0, 0.1) is 5.92 Å². The van der Waals surface area contributed by atoms with Gasteiger partial charge in [-0.05, 0) is 33.1 Å². The van der Waals surface area contributed by atoms with E-state index in [-0.39, 0.29) is 0 Å². The Morgan fingerprint density at radius 3 is 2.54 bits per heavy atom. The average molecular weight is 204 g/mol. The number of carbonyl (C=O) groups is 1.